The van der Waals surface area contributed by atoms with E-state index in [9.17, 15) is 4.79 Å². The lowest BCUT2D eigenvalue weighted by Gasteiger charge is -2.18. The fourth-order valence-electron chi connectivity index (χ4n) is 1.15. The monoisotopic (exact) mass is 193 g/mol. The average Bonchev–Trinajstić information content (AvgIpc) is 2.21. The molecule has 0 aromatic carbocycles. The number of hydrogen-bond acceptors (Lipinski definition) is 2. The van der Waals surface area contributed by atoms with Crippen LogP contribution in [0.2, 0.25) is 0 Å². The first-order valence-electron chi connectivity index (χ1n) is 4.73. The van der Waals surface area contributed by atoms with Crippen LogP contribution in [-0.4, -0.2) is 29.0 Å². The van der Waals surface area contributed by atoms with Gasteiger partial charge in [0, 0.05) is 19.3 Å². The van der Waals surface area contributed by atoms with E-state index < -0.39 is 0 Å². The molecule has 1 N–H and O–H groups in total. The van der Waals surface area contributed by atoms with Crippen molar-refractivity contribution in [2.75, 3.05) is 18.4 Å². The highest BCUT2D eigenvalue weighted by Gasteiger charge is 2.08. The number of urea groups is 1. The molecule has 1 rings (SSSR count). The molecule has 0 aliphatic rings. The second-order valence-corrected chi connectivity index (χ2v) is 2.84. The molecule has 1 aromatic heterocycles. The van der Waals surface area contributed by atoms with Crippen LogP contribution < -0.4 is 5.32 Å². The molecule has 0 radical (unpaired) electrons. The minimum absolute atomic E-state index is 0.0806. The van der Waals surface area contributed by atoms with Gasteiger partial charge in [0.15, 0.2) is 0 Å². The van der Waals surface area contributed by atoms with Crippen molar-refractivity contribution in [3.8, 4) is 0 Å². The summed E-state index contributed by atoms with van der Waals surface area (Å²) in [5.74, 6) is 0. The molecule has 2 amide bonds. The predicted octanol–water partition coefficient (Wildman–Crippen LogP) is 1.96. The Hall–Kier alpha value is -1.58. The van der Waals surface area contributed by atoms with Gasteiger partial charge in [-0.25, -0.2) is 4.79 Å². The number of amides is 2. The summed E-state index contributed by atoms with van der Waals surface area (Å²) in [4.78, 5) is 17.2. The van der Waals surface area contributed by atoms with E-state index in [0.717, 1.165) is 5.69 Å². The lowest BCUT2D eigenvalue weighted by molar-refractivity contribution is 0.217. The first kappa shape index (κ1) is 10.5. The summed E-state index contributed by atoms with van der Waals surface area (Å²) in [6.07, 6.45) is 3.30. The Morgan fingerprint density at radius 2 is 2.21 bits per heavy atom. The molecule has 1 heterocycles. The van der Waals surface area contributed by atoms with Crippen LogP contribution >= 0.6 is 0 Å². The van der Waals surface area contributed by atoms with E-state index >= 15 is 0 Å². The summed E-state index contributed by atoms with van der Waals surface area (Å²) in [5.41, 5.74) is 0.726. The van der Waals surface area contributed by atoms with E-state index in [1.807, 2.05) is 19.9 Å². The lowest BCUT2D eigenvalue weighted by atomic mass is 10.4. The van der Waals surface area contributed by atoms with Crippen molar-refractivity contribution in [1.82, 2.24) is 9.88 Å². The third-order valence-electron chi connectivity index (χ3n) is 1.96. The maximum absolute atomic E-state index is 11.6. The number of carbonyl (C=O) groups is 1. The average molecular weight is 193 g/mol. The number of nitrogens with one attached hydrogen (secondary N) is 1. The van der Waals surface area contributed by atoms with Crippen LogP contribution in [0, 0.1) is 0 Å². The summed E-state index contributed by atoms with van der Waals surface area (Å²) < 4.78 is 0. The first-order valence-corrected chi connectivity index (χ1v) is 4.73. The molecule has 0 saturated heterocycles. The van der Waals surface area contributed by atoms with Crippen molar-refractivity contribution in [2.24, 2.45) is 0 Å². The van der Waals surface area contributed by atoms with Gasteiger partial charge < -0.3 is 10.2 Å². The van der Waals surface area contributed by atoms with E-state index in [2.05, 4.69) is 10.3 Å². The topological polar surface area (TPSA) is 45.2 Å². The van der Waals surface area contributed by atoms with Crippen LogP contribution in [0.25, 0.3) is 0 Å². The highest BCUT2D eigenvalue weighted by atomic mass is 16.2. The second kappa shape index (κ2) is 5.21. The molecule has 0 atom stereocenters. The van der Waals surface area contributed by atoms with Gasteiger partial charge in [-0.3, -0.25) is 4.98 Å². The van der Waals surface area contributed by atoms with Gasteiger partial charge in [0.2, 0.25) is 0 Å². The second-order valence-electron chi connectivity index (χ2n) is 2.84. The summed E-state index contributed by atoms with van der Waals surface area (Å²) >= 11 is 0. The number of hydrogen-bond donors (Lipinski definition) is 1. The lowest BCUT2D eigenvalue weighted by Crippen LogP contribution is -2.34. The van der Waals surface area contributed by atoms with Crippen LogP contribution in [0.15, 0.2) is 24.5 Å². The Kier molecular flexibility index (Phi) is 3.91. The first-order chi connectivity index (χ1) is 6.77. The van der Waals surface area contributed by atoms with Gasteiger partial charge in [0.1, 0.15) is 0 Å². The maximum atomic E-state index is 11.6. The van der Waals surface area contributed by atoms with Gasteiger partial charge in [0.05, 0.1) is 11.9 Å². The SMILES string of the molecule is CCN(CC)C(=O)Nc1cccnc1. The molecule has 14 heavy (non-hydrogen) atoms. The predicted molar refractivity (Wildman–Crippen MR) is 56.2 cm³/mol. The molecule has 0 saturated carbocycles. The van der Waals surface area contributed by atoms with E-state index in [1.165, 1.54) is 0 Å². The number of aromatic nitrogens is 1. The minimum Gasteiger partial charge on any atom is -0.325 e. The van der Waals surface area contributed by atoms with E-state index in [0.29, 0.717) is 13.1 Å². The molecule has 4 heteroatoms. The highest BCUT2D eigenvalue weighted by Crippen LogP contribution is 2.04. The Morgan fingerprint density at radius 1 is 1.50 bits per heavy atom. The molecule has 0 bridgehead atoms. The van der Waals surface area contributed by atoms with Gasteiger partial charge >= 0.3 is 6.03 Å². The summed E-state index contributed by atoms with van der Waals surface area (Å²) in [6, 6.07) is 3.52. The largest absolute Gasteiger partial charge is 0.325 e. The number of rotatable bonds is 3. The van der Waals surface area contributed by atoms with Crippen molar-refractivity contribution in [3.05, 3.63) is 24.5 Å². The normalized spacial score (nSPS) is 9.57. The third kappa shape index (κ3) is 2.73. The van der Waals surface area contributed by atoms with Crippen LogP contribution in [0.5, 0.6) is 0 Å². The van der Waals surface area contributed by atoms with Gasteiger partial charge in [0.25, 0.3) is 0 Å². The van der Waals surface area contributed by atoms with Crippen LogP contribution in [0.4, 0.5) is 10.5 Å². The van der Waals surface area contributed by atoms with E-state index in [4.69, 9.17) is 0 Å². The van der Waals surface area contributed by atoms with Gasteiger partial charge in [-0.1, -0.05) is 0 Å². The van der Waals surface area contributed by atoms with Crippen molar-refractivity contribution in [2.45, 2.75) is 13.8 Å². The molecule has 0 unspecified atom stereocenters. The molecular weight excluding hydrogens is 178 g/mol. The van der Waals surface area contributed by atoms with E-state index in [-0.39, 0.29) is 6.03 Å². The molecule has 0 aliphatic carbocycles. The Bertz CT molecular complexity index is 283. The molecular formula is C10H15N3O. The molecule has 76 valence electrons. The fourth-order valence-corrected chi connectivity index (χ4v) is 1.15. The summed E-state index contributed by atoms with van der Waals surface area (Å²) in [7, 11) is 0. The summed E-state index contributed by atoms with van der Waals surface area (Å²) in [6.45, 7) is 5.32. The maximum Gasteiger partial charge on any atom is 0.321 e. The zero-order valence-electron chi connectivity index (χ0n) is 8.53. The fraction of sp³-hybridized carbons (Fsp3) is 0.400. The molecule has 0 aliphatic heterocycles. The standard InChI is InChI=1S/C10H15N3O/c1-3-13(4-2)10(14)12-9-6-5-7-11-8-9/h5-8H,3-4H2,1-2H3,(H,12,14). The number of carbonyl (C=O) groups excluding carboxylic acids is 1. The smallest absolute Gasteiger partial charge is 0.321 e. The van der Waals surface area contributed by atoms with Crippen LogP contribution in [-0.2, 0) is 0 Å². The number of pyridine rings is 1. The molecule has 1 aromatic rings. The zero-order valence-corrected chi connectivity index (χ0v) is 8.53. The van der Waals surface area contributed by atoms with Gasteiger partial charge in [-0.2, -0.15) is 0 Å². The minimum atomic E-state index is -0.0806. The third-order valence-corrected chi connectivity index (χ3v) is 1.96. The number of nitrogens with zero attached hydrogens (tertiary/aromatic N) is 2. The van der Waals surface area contributed by atoms with Crippen molar-refractivity contribution in [3.63, 3.8) is 0 Å². The van der Waals surface area contributed by atoms with Crippen molar-refractivity contribution in [1.29, 1.82) is 0 Å². The van der Waals surface area contributed by atoms with E-state index in [1.54, 1.807) is 23.4 Å². The van der Waals surface area contributed by atoms with Crippen molar-refractivity contribution < 1.29 is 4.79 Å². The molecule has 4 nitrogen and oxygen atoms in total. The van der Waals surface area contributed by atoms with Crippen LogP contribution in [0.1, 0.15) is 13.8 Å². The Morgan fingerprint density at radius 3 is 2.71 bits per heavy atom. The summed E-state index contributed by atoms with van der Waals surface area (Å²) in [5, 5.41) is 2.77. The molecule has 0 fully saturated rings. The van der Waals surface area contributed by atoms with Gasteiger partial charge in [-0.15, -0.1) is 0 Å². The highest BCUT2D eigenvalue weighted by molar-refractivity contribution is 5.88. The van der Waals surface area contributed by atoms with Crippen molar-refractivity contribution >= 4 is 11.7 Å². The Labute approximate surface area is 83.9 Å². The zero-order chi connectivity index (χ0) is 10.4. The quantitative estimate of drug-likeness (QED) is 0.797. The van der Waals surface area contributed by atoms with Gasteiger partial charge in [-0.05, 0) is 26.0 Å². The van der Waals surface area contributed by atoms with Crippen LogP contribution in [0.3, 0.4) is 0 Å². The molecule has 0 spiro atoms. The Balaban J connectivity index is 2.57. The number of anilines is 1.